The minimum atomic E-state index is 0.383. The normalized spacial score (nSPS) is 22.2. The standard InChI is InChI=1S/C10H18N4S/c1-7(2)14-9(12-13-10(14)15)8-4-3-5-11-6-8/h7-8,11H,3-6H2,1-2H3,(H,13,15)/t8-/m0/s1. The van der Waals surface area contributed by atoms with Crippen LogP contribution in [0.15, 0.2) is 0 Å². The highest BCUT2D eigenvalue weighted by molar-refractivity contribution is 7.71. The first-order valence-electron chi connectivity index (χ1n) is 5.57. The fourth-order valence-electron chi connectivity index (χ4n) is 2.18. The predicted molar refractivity (Wildman–Crippen MR) is 62.6 cm³/mol. The second-order valence-corrected chi connectivity index (χ2v) is 4.78. The maximum Gasteiger partial charge on any atom is 0.195 e. The number of nitrogens with one attached hydrogen (secondary N) is 2. The van der Waals surface area contributed by atoms with Crippen molar-refractivity contribution in [3.8, 4) is 0 Å². The molecular weight excluding hydrogens is 208 g/mol. The van der Waals surface area contributed by atoms with Crippen molar-refractivity contribution in [1.29, 1.82) is 0 Å². The number of aromatic nitrogens is 3. The van der Waals surface area contributed by atoms with Gasteiger partial charge in [0.25, 0.3) is 0 Å². The van der Waals surface area contributed by atoms with Gasteiger partial charge >= 0.3 is 0 Å². The van der Waals surface area contributed by atoms with Crippen LogP contribution in [0.25, 0.3) is 0 Å². The van der Waals surface area contributed by atoms with Crippen molar-refractivity contribution in [1.82, 2.24) is 20.1 Å². The molecule has 0 unspecified atom stereocenters. The summed E-state index contributed by atoms with van der Waals surface area (Å²) in [5.74, 6) is 1.62. The van der Waals surface area contributed by atoms with Gasteiger partial charge in [0.05, 0.1) is 0 Å². The Balaban J connectivity index is 2.30. The quantitative estimate of drug-likeness (QED) is 0.758. The number of aromatic amines is 1. The number of nitrogens with zero attached hydrogens (tertiary/aromatic N) is 2. The van der Waals surface area contributed by atoms with Crippen LogP contribution in [0.1, 0.15) is 44.5 Å². The van der Waals surface area contributed by atoms with Crippen LogP contribution in [-0.2, 0) is 0 Å². The Morgan fingerprint density at radius 2 is 2.33 bits per heavy atom. The summed E-state index contributed by atoms with van der Waals surface area (Å²) in [6.07, 6.45) is 2.43. The molecule has 0 radical (unpaired) electrons. The topological polar surface area (TPSA) is 45.6 Å². The second kappa shape index (κ2) is 4.45. The van der Waals surface area contributed by atoms with E-state index in [0.29, 0.717) is 12.0 Å². The lowest BCUT2D eigenvalue weighted by molar-refractivity contribution is 0.421. The molecule has 2 rings (SSSR count). The molecule has 1 atom stereocenters. The van der Waals surface area contributed by atoms with Crippen LogP contribution in [0.2, 0.25) is 0 Å². The Bertz CT molecular complexity index is 373. The molecule has 0 saturated carbocycles. The average Bonchev–Trinajstić information content (AvgIpc) is 2.61. The molecule has 0 aliphatic carbocycles. The van der Waals surface area contributed by atoms with Gasteiger partial charge in [0, 0.05) is 18.5 Å². The minimum absolute atomic E-state index is 0.383. The Morgan fingerprint density at radius 3 is 2.93 bits per heavy atom. The van der Waals surface area contributed by atoms with Crippen LogP contribution >= 0.6 is 12.2 Å². The number of hydrogen-bond donors (Lipinski definition) is 2. The first-order valence-corrected chi connectivity index (χ1v) is 5.98. The second-order valence-electron chi connectivity index (χ2n) is 4.39. The fraction of sp³-hybridized carbons (Fsp3) is 0.800. The number of H-pyrrole nitrogens is 1. The van der Waals surface area contributed by atoms with E-state index in [9.17, 15) is 0 Å². The maximum atomic E-state index is 5.24. The van der Waals surface area contributed by atoms with Crippen molar-refractivity contribution in [3.05, 3.63) is 10.6 Å². The van der Waals surface area contributed by atoms with Crippen LogP contribution in [0.3, 0.4) is 0 Å². The van der Waals surface area contributed by atoms with E-state index in [0.717, 1.165) is 23.7 Å². The van der Waals surface area contributed by atoms with Crippen molar-refractivity contribution in [2.45, 2.75) is 38.6 Å². The lowest BCUT2D eigenvalue weighted by Gasteiger charge is -2.23. The molecule has 0 amide bonds. The van der Waals surface area contributed by atoms with E-state index >= 15 is 0 Å². The zero-order chi connectivity index (χ0) is 10.8. The van der Waals surface area contributed by atoms with Gasteiger partial charge in [-0.25, -0.2) is 0 Å². The van der Waals surface area contributed by atoms with Gasteiger partial charge in [-0.3, -0.25) is 5.10 Å². The third kappa shape index (κ3) is 2.13. The summed E-state index contributed by atoms with van der Waals surface area (Å²) in [6, 6.07) is 0.383. The van der Waals surface area contributed by atoms with Crippen LogP contribution in [-0.4, -0.2) is 27.9 Å². The first kappa shape index (κ1) is 10.8. The van der Waals surface area contributed by atoms with E-state index < -0.39 is 0 Å². The first-order chi connectivity index (χ1) is 7.20. The summed E-state index contributed by atoms with van der Waals surface area (Å²) in [6.45, 7) is 6.44. The zero-order valence-corrected chi connectivity index (χ0v) is 10.1. The van der Waals surface area contributed by atoms with Gasteiger partial charge in [0.15, 0.2) is 4.77 Å². The molecule has 84 valence electrons. The predicted octanol–water partition coefficient (Wildman–Crippen LogP) is 1.99. The van der Waals surface area contributed by atoms with Gasteiger partial charge in [-0.2, -0.15) is 5.10 Å². The summed E-state index contributed by atoms with van der Waals surface area (Å²) in [7, 11) is 0. The lowest BCUT2D eigenvalue weighted by Crippen LogP contribution is -2.30. The van der Waals surface area contributed by atoms with Gasteiger partial charge in [-0.1, -0.05) is 0 Å². The summed E-state index contributed by atoms with van der Waals surface area (Å²) in [5, 5.41) is 10.7. The molecule has 1 aromatic rings. The van der Waals surface area contributed by atoms with Crippen LogP contribution in [0.5, 0.6) is 0 Å². The van der Waals surface area contributed by atoms with E-state index in [1.165, 1.54) is 12.8 Å². The molecule has 2 N–H and O–H groups in total. The molecule has 2 heterocycles. The third-order valence-electron chi connectivity index (χ3n) is 2.91. The number of piperidine rings is 1. The number of hydrogen-bond acceptors (Lipinski definition) is 3. The van der Waals surface area contributed by atoms with E-state index in [1.807, 2.05) is 0 Å². The minimum Gasteiger partial charge on any atom is -0.316 e. The fourth-order valence-corrected chi connectivity index (χ4v) is 2.53. The molecule has 0 spiro atoms. The SMILES string of the molecule is CC(C)n1c([C@H]2CCCNC2)n[nH]c1=S. The molecule has 0 bridgehead atoms. The Hall–Kier alpha value is -0.680. The van der Waals surface area contributed by atoms with E-state index in [4.69, 9.17) is 12.2 Å². The molecule has 1 fully saturated rings. The lowest BCUT2D eigenvalue weighted by atomic mass is 9.98. The van der Waals surface area contributed by atoms with Crippen LogP contribution in [0, 0.1) is 4.77 Å². The highest BCUT2D eigenvalue weighted by atomic mass is 32.1. The molecule has 0 aromatic carbocycles. The Labute approximate surface area is 95.1 Å². The number of rotatable bonds is 2. The van der Waals surface area contributed by atoms with Crippen LogP contribution < -0.4 is 5.32 Å². The monoisotopic (exact) mass is 226 g/mol. The van der Waals surface area contributed by atoms with Gasteiger partial charge in [-0.05, 0) is 45.5 Å². The van der Waals surface area contributed by atoms with E-state index in [1.54, 1.807) is 0 Å². The summed E-state index contributed by atoms with van der Waals surface area (Å²) in [4.78, 5) is 0. The highest BCUT2D eigenvalue weighted by Gasteiger charge is 2.21. The summed E-state index contributed by atoms with van der Waals surface area (Å²) >= 11 is 5.24. The zero-order valence-electron chi connectivity index (χ0n) is 9.29. The Morgan fingerprint density at radius 1 is 1.53 bits per heavy atom. The molecule has 5 heteroatoms. The van der Waals surface area contributed by atoms with Gasteiger partial charge in [-0.15, -0.1) is 0 Å². The molecule has 1 aliphatic rings. The van der Waals surface area contributed by atoms with Crippen molar-refractivity contribution in [3.63, 3.8) is 0 Å². The van der Waals surface area contributed by atoms with Gasteiger partial charge in [0.2, 0.25) is 0 Å². The molecule has 1 aromatic heterocycles. The van der Waals surface area contributed by atoms with Gasteiger partial charge < -0.3 is 9.88 Å². The Kier molecular flexibility index (Phi) is 3.21. The molecule has 1 aliphatic heterocycles. The molecule has 4 nitrogen and oxygen atoms in total. The summed E-state index contributed by atoms with van der Waals surface area (Å²) in [5.41, 5.74) is 0. The maximum absolute atomic E-state index is 5.24. The van der Waals surface area contributed by atoms with E-state index in [2.05, 4.69) is 33.9 Å². The summed E-state index contributed by atoms with van der Waals surface area (Å²) < 4.78 is 2.87. The van der Waals surface area contributed by atoms with Gasteiger partial charge in [0.1, 0.15) is 5.82 Å². The largest absolute Gasteiger partial charge is 0.316 e. The average molecular weight is 226 g/mol. The van der Waals surface area contributed by atoms with E-state index in [-0.39, 0.29) is 0 Å². The van der Waals surface area contributed by atoms with Crippen molar-refractivity contribution >= 4 is 12.2 Å². The van der Waals surface area contributed by atoms with Crippen molar-refractivity contribution < 1.29 is 0 Å². The van der Waals surface area contributed by atoms with Crippen molar-refractivity contribution in [2.24, 2.45) is 0 Å². The van der Waals surface area contributed by atoms with Crippen molar-refractivity contribution in [2.75, 3.05) is 13.1 Å². The van der Waals surface area contributed by atoms with Crippen LogP contribution in [0.4, 0.5) is 0 Å². The molecule has 15 heavy (non-hydrogen) atoms. The molecular formula is C10H18N4S. The molecule has 1 saturated heterocycles. The third-order valence-corrected chi connectivity index (χ3v) is 3.20. The smallest absolute Gasteiger partial charge is 0.195 e. The highest BCUT2D eigenvalue weighted by Crippen LogP contribution is 2.23.